The Kier molecular flexibility index (Phi) is 4.21. The average molecular weight is 363 g/mol. The zero-order valence-corrected chi connectivity index (χ0v) is 14.2. The van der Waals surface area contributed by atoms with Crippen molar-refractivity contribution in [1.29, 1.82) is 0 Å². The Hall–Kier alpha value is -3.81. The molecule has 0 spiro atoms. The molecular formula is C19H14FN5O2. The summed E-state index contributed by atoms with van der Waals surface area (Å²) in [7, 11) is 1.60. The van der Waals surface area contributed by atoms with Gasteiger partial charge in [0.1, 0.15) is 11.6 Å². The Morgan fingerprint density at radius 2 is 1.85 bits per heavy atom. The molecule has 0 saturated carbocycles. The van der Waals surface area contributed by atoms with E-state index in [2.05, 4.69) is 25.5 Å². The van der Waals surface area contributed by atoms with Crippen LogP contribution < -0.4 is 10.1 Å². The minimum Gasteiger partial charge on any atom is -0.497 e. The first-order chi connectivity index (χ1) is 13.1. The fraction of sp³-hybridized carbons (Fsp3) is 0.0526. The zero-order valence-electron chi connectivity index (χ0n) is 14.2. The van der Waals surface area contributed by atoms with Crippen LogP contribution in [0.25, 0.3) is 22.4 Å². The molecule has 4 rings (SSSR count). The van der Waals surface area contributed by atoms with Crippen molar-refractivity contribution in [3.63, 3.8) is 0 Å². The molecule has 27 heavy (non-hydrogen) atoms. The lowest BCUT2D eigenvalue weighted by Crippen LogP contribution is -2.12. The number of hydrogen-bond acceptors (Lipinski definition) is 5. The van der Waals surface area contributed by atoms with Crippen molar-refractivity contribution >= 4 is 22.9 Å². The van der Waals surface area contributed by atoms with Crippen LogP contribution >= 0.6 is 0 Å². The van der Waals surface area contributed by atoms with Gasteiger partial charge >= 0.3 is 0 Å². The molecule has 1 amide bonds. The van der Waals surface area contributed by atoms with Crippen LogP contribution in [0.15, 0.2) is 54.7 Å². The predicted octanol–water partition coefficient (Wildman–Crippen LogP) is 3.42. The first-order valence-corrected chi connectivity index (χ1v) is 8.06. The number of amides is 1. The van der Waals surface area contributed by atoms with Crippen LogP contribution in [0.1, 0.15) is 10.4 Å². The topological polar surface area (TPSA) is 92.8 Å². The van der Waals surface area contributed by atoms with E-state index < -0.39 is 11.7 Å². The Labute approximate surface area is 153 Å². The van der Waals surface area contributed by atoms with Gasteiger partial charge in [-0.15, -0.1) is 0 Å². The van der Waals surface area contributed by atoms with Crippen molar-refractivity contribution in [3.8, 4) is 17.0 Å². The maximum absolute atomic E-state index is 13.0. The van der Waals surface area contributed by atoms with Gasteiger partial charge < -0.3 is 10.1 Å². The summed E-state index contributed by atoms with van der Waals surface area (Å²) < 4.78 is 18.2. The number of carbonyl (C=O) groups excluding carboxylic acids is 1. The van der Waals surface area contributed by atoms with E-state index >= 15 is 0 Å². The third kappa shape index (κ3) is 3.32. The molecule has 0 bridgehead atoms. The van der Waals surface area contributed by atoms with Gasteiger partial charge in [-0.05, 0) is 48.5 Å². The monoisotopic (exact) mass is 363 g/mol. The van der Waals surface area contributed by atoms with E-state index in [1.54, 1.807) is 13.3 Å². The number of halogens is 1. The molecule has 0 atom stereocenters. The fourth-order valence-electron chi connectivity index (χ4n) is 2.57. The van der Waals surface area contributed by atoms with E-state index in [1.807, 2.05) is 24.3 Å². The quantitative estimate of drug-likeness (QED) is 0.579. The van der Waals surface area contributed by atoms with E-state index in [9.17, 15) is 9.18 Å². The van der Waals surface area contributed by atoms with Crippen LogP contribution in [0.3, 0.4) is 0 Å². The molecule has 0 aliphatic heterocycles. The number of fused-ring (bicyclic) bond motifs is 1. The summed E-state index contributed by atoms with van der Waals surface area (Å²) in [5, 5.41) is 9.47. The van der Waals surface area contributed by atoms with Crippen molar-refractivity contribution in [3.05, 3.63) is 66.1 Å². The second-order valence-electron chi connectivity index (χ2n) is 5.72. The summed E-state index contributed by atoms with van der Waals surface area (Å²) >= 11 is 0. The summed E-state index contributed by atoms with van der Waals surface area (Å²) in [5.41, 5.74) is 2.60. The number of ether oxygens (including phenoxy) is 1. The molecule has 0 saturated heterocycles. The Morgan fingerprint density at radius 1 is 1.11 bits per heavy atom. The molecule has 2 N–H and O–H groups in total. The summed E-state index contributed by atoms with van der Waals surface area (Å²) in [4.78, 5) is 21.2. The van der Waals surface area contributed by atoms with Crippen LogP contribution in [0.5, 0.6) is 5.75 Å². The van der Waals surface area contributed by atoms with Crippen molar-refractivity contribution in [2.24, 2.45) is 0 Å². The van der Waals surface area contributed by atoms with Crippen LogP contribution in [0, 0.1) is 5.82 Å². The Balaban J connectivity index is 1.65. The van der Waals surface area contributed by atoms with E-state index in [4.69, 9.17) is 4.74 Å². The fourth-order valence-corrected chi connectivity index (χ4v) is 2.57. The SMILES string of the molecule is COc1ccc(-c2cnc3n[nH]c(NC(=O)c4ccc(F)cc4)c3n2)cc1. The number of nitrogens with one attached hydrogen (secondary N) is 2. The van der Waals surface area contributed by atoms with Gasteiger partial charge in [-0.2, -0.15) is 5.10 Å². The normalized spacial score (nSPS) is 10.7. The molecule has 7 nitrogen and oxygen atoms in total. The third-order valence-electron chi connectivity index (χ3n) is 3.99. The minimum absolute atomic E-state index is 0.318. The number of rotatable bonds is 4. The highest BCUT2D eigenvalue weighted by Gasteiger charge is 2.14. The number of nitrogens with zero attached hydrogens (tertiary/aromatic N) is 3. The predicted molar refractivity (Wildman–Crippen MR) is 98.0 cm³/mol. The molecule has 4 aromatic rings. The first kappa shape index (κ1) is 16.6. The molecule has 0 radical (unpaired) electrons. The zero-order chi connectivity index (χ0) is 18.8. The van der Waals surface area contributed by atoms with Gasteiger partial charge in [-0.25, -0.2) is 14.4 Å². The molecule has 0 aliphatic rings. The second kappa shape index (κ2) is 6.83. The largest absolute Gasteiger partial charge is 0.497 e. The lowest BCUT2D eigenvalue weighted by Gasteiger charge is -2.05. The van der Waals surface area contributed by atoms with Gasteiger partial charge in [0.25, 0.3) is 5.91 Å². The standard InChI is InChI=1S/C19H14FN5O2/c1-27-14-8-4-11(5-9-14)15-10-21-17-16(22-15)18(25-24-17)23-19(26)12-2-6-13(20)7-3-12/h2-10H,1H3,(H2,21,23,24,25,26). The number of benzene rings is 2. The Morgan fingerprint density at radius 3 is 2.56 bits per heavy atom. The number of carbonyl (C=O) groups is 1. The van der Waals surface area contributed by atoms with E-state index in [1.165, 1.54) is 24.3 Å². The molecule has 0 aliphatic carbocycles. The highest BCUT2D eigenvalue weighted by Crippen LogP contribution is 2.24. The first-order valence-electron chi connectivity index (χ1n) is 8.06. The summed E-state index contributed by atoms with van der Waals surface area (Å²) in [6.45, 7) is 0. The van der Waals surface area contributed by atoms with E-state index in [0.717, 1.165) is 11.3 Å². The molecule has 0 unspecified atom stereocenters. The van der Waals surface area contributed by atoms with Crippen molar-refractivity contribution in [1.82, 2.24) is 20.2 Å². The van der Waals surface area contributed by atoms with Crippen molar-refractivity contribution in [2.45, 2.75) is 0 Å². The minimum atomic E-state index is -0.409. The maximum Gasteiger partial charge on any atom is 0.256 e. The van der Waals surface area contributed by atoms with Crippen LogP contribution in [0.4, 0.5) is 10.2 Å². The van der Waals surface area contributed by atoms with Gasteiger partial charge in [-0.3, -0.25) is 9.89 Å². The Bertz CT molecular complexity index is 1110. The second-order valence-corrected chi connectivity index (χ2v) is 5.72. The lowest BCUT2D eigenvalue weighted by atomic mass is 10.1. The van der Waals surface area contributed by atoms with E-state index in [0.29, 0.717) is 28.2 Å². The average Bonchev–Trinajstić information content (AvgIpc) is 3.10. The maximum atomic E-state index is 13.0. The van der Waals surface area contributed by atoms with Gasteiger partial charge in [0, 0.05) is 11.1 Å². The van der Waals surface area contributed by atoms with Gasteiger partial charge in [0.15, 0.2) is 11.3 Å². The number of methoxy groups -OCH3 is 1. The molecule has 0 fully saturated rings. The molecule has 2 aromatic heterocycles. The third-order valence-corrected chi connectivity index (χ3v) is 3.99. The molecule has 134 valence electrons. The lowest BCUT2D eigenvalue weighted by molar-refractivity contribution is 0.102. The molecular weight excluding hydrogens is 349 g/mol. The number of hydrogen-bond donors (Lipinski definition) is 2. The molecule has 2 heterocycles. The highest BCUT2D eigenvalue weighted by atomic mass is 19.1. The van der Waals surface area contributed by atoms with Crippen molar-refractivity contribution < 1.29 is 13.9 Å². The van der Waals surface area contributed by atoms with E-state index in [-0.39, 0.29) is 0 Å². The summed E-state index contributed by atoms with van der Waals surface area (Å²) in [6, 6.07) is 12.6. The van der Waals surface area contributed by atoms with Gasteiger partial charge in [0.05, 0.1) is 19.0 Å². The molecule has 2 aromatic carbocycles. The summed E-state index contributed by atoms with van der Waals surface area (Å²) in [5.74, 6) is 0.247. The van der Waals surface area contributed by atoms with Crippen molar-refractivity contribution in [2.75, 3.05) is 12.4 Å². The number of H-pyrrole nitrogens is 1. The molecule has 8 heteroatoms. The number of anilines is 1. The van der Waals surface area contributed by atoms with Crippen LogP contribution in [-0.2, 0) is 0 Å². The van der Waals surface area contributed by atoms with Crippen LogP contribution in [-0.4, -0.2) is 33.2 Å². The number of aromatic amines is 1. The smallest absolute Gasteiger partial charge is 0.256 e. The van der Waals surface area contributed by atoms with Gasteiger partial charge in [-0.1, -0.05) is 0 Å². The van der Waals surface area contributed by atoms with Crippen LogP contribution in [0.2, 0.25) is 0 Å². The number of aromatic nitrogens is 4. The highest BCUT2D eigenvalue weighted by molar-refractivity contribution is 6.06. The van der Waals surface area contributed by atoms with Gasteiger partial charge in [0.2, 0.25) is 5.65 Å². The summed E-state index contributed by atoms with van der Waals surface area (Å²) in [6.07, 6.45) is 1.61.